The van der Waals surface area contributed by atoms with Crippen LogP contribution in [0.4, 0.5) is 0 Å². The maximum Gasteiger partial charge on any atom is 0.169 e. The van der Waals surface area contributed by atoms with Crippen LogP contribution in [0.25, 0.3) is 0 Å². The van der Waals surface area contributed by atoms with Gasteiger partial charge in [0.2, 0.25) is 0 Å². The molecule has 0 radical (unpaired) electrons. The Morgan fingerprint density at radius 2 is 2.20 bits per heavy atom. The van der Waals surface area contributed by atoms with Gasteiger partial charge in [0.1, 0.15) is 10.6 Å². The Morgan fingerprint density at radius 1 is 1.47 bits per heavy atom. The number of furan rings is 1. The summed E-state index contributed by atoms with van der Waals surface area (Å²) in [5.74, 6) is 0.875. The molecule has 80 valence electrons. The van der Waals surface area contributed by atoms with Gasteiger partial charge < -0.3 is 4.42 Å². The number of rotatable bonds is 2. The lowest BCUT2D eigenvalue weighted by molar-refractivity contribution is 0.498. The second-order valence-corrected chi connectivity index (χ2v) is 6.49. The molecule has 0 fully saturated rings. The van der Waals surface area contributed by atoms with Crippen molar-refractivity contribution in [2.45, 2.75) is 11.8 Å². The van der Waals surface area contributed by atoms with Crippen molar-refractivity contribution in [3.05, 3.63) is 43.4 Å². The van der Waals surface area contributed by atoms with Gasteiger partial charge in [0, 0.05) is 4.88 Å². The van der Waals surface area contributed by atoms with Gasteiger partial charge in [-0.15, -0.1) is 11.3 Å². The van der Waals surface area contributed by atoms with Gasteiger partial charge in [-0.2, -0.15) is 0 Å². The quantitative estimate of drug-likeness (QED) is 0.632. The Hall–Kier alpha value is 0.230. The number of alkyl halides is 1. The van der Waals surface area contributed by atoms with Gasteiger partial charge in [-0.3, -0.25) is 0 Å². The average molecular weight is 370 g/mol. The van der Waals surface area contributed by atoms with Crippen molar-refractivity contribution in [2.24, 2.45) is 0 Å². The lowest BCUT2D eigenvalue weighted by Crippen LogP contribution is -1.85. The number of aryl methyl sites for hydroxylation is 1. The molecule has 0 aliphatic carbocycles. The van der Waals surface area contributed by atoms with Gasteiger partial charge in [-0.1, -0.05) is 27.5 Å². The van der Waals surface area contributed by atoms with Gasteiger partial charge in [0.15, 0.2) is 4.67 Å². The predicted octanol–water partition coefficient (Wildman–Crippen LogP) is 5.55. The third-order valence-corrected chi connectivity index (χ3v) is 5.26. The highest BCUT2D eigenvalue weighted by Gasteiger charge is 2.17. The molecule has 0 bridgehead atoms. The summed E-state index contributed by atoms with van der Waals surface area (Å²) in [5, 5.41) is 0. The minimum Gasteiger partial charge on any atom is -0.453 e. The van der Waals surface area contributed by atoms with E-state index in [2.05, 4.69) is 37.9 Å². The van der Waals surface area contributed by atoms with E-state index in [1.807, 2.05) is 19.1 Å². The molecule has 2 aromatic heterocycles. The normalized spacial score (nSPS) is 13.1. The van der Waals surface area contributed by atoms with Crippen LogP contribution in [0, 0.1) is 6.92 Å². The predicted molar refractivity (Wildman–Crippen MR) is 71.2 cm³/mol. The van der Waals surface area contributed by atoms with Crippen molar-refractivity contribution in [3.63, 3.8) is 0 Å². The average Bonchev–Trinajstić information content (AvgIpc) is 2.74. The molecule has 0 saturated heterocycles. The SMILES string of the molecule is Cc1cc(C(Br)c2ccc(Br)o2)sc1Cl. The fraction of sp³-hybridized carbons (Fsp3) is 0.200. The second-order valence-electron chi connectivity index (χ2n) is 3.11. The summed E-state index contributed by atoms with van der Waals surface area (Å²) in [6.07, 6.45) is 0. The van der Waals surface area contributed by atoms with E-state index >= 15 is 0 Å². The largest absolute Gasteiger partial charge is 0.453 e. The van der Waals surface area contributed by atoms with Crippen LogP contribution in [-0.2, 0) is 0 Å². The van der Waals surface area contributed by atoms with Crippen molar-refractivity contribution in [1.29, 1.82) is 0 Å². The van der Waals surface area contributed by atoms with Crippen LogP contribution in [0.3, 0.4) is 0 Å². The molecular formula is C10H7Br2ClOS. The van der Waals surface area contributed by atoms with E-state index in [9.17, 15) is 0 Å². The van der Waals surface area contributed by atoms with Gasteiger partial charge in [-0.25, -0.2) is 0 Å². The minimum atomic E-state index is 0.0694. The highest BCUT2D eigenvalue weighted by molar-refractivity contribution is 9.10. The number of halogens is 3. The van der Waals surface area contributed by atoms with Gasteiger partial charge in [-0.05, 0) is 46.6 Å². The fourth-order valence-electron chi connectivity index (χ4n) is 1.21. The van der Waals surface area contributed by atoms with E-state index in [-0.39, 0.29) is 4.83 Å². The maximum atomic E-state index is 6.02. The highest BCUT2D eigenvalue weighted by Crippen LogP contribution is 2.39. The van der Waals surface area contributed by atoms with E-state index in [0.717, 1.165) is 25.2 Å². The first-order valence-corrected chi connectivity index (χ1v) is 7.13. The van der Waals surface area contributed by atoms with Crippen LogP contribution in [0.2, 0.25) is 4.34 Å². The Morgan fingerprint density at radius 3 is 2.67 bits per heavy atom. The van der Waals surface area contributed by atoms with E-state index in [1.54, 1.807) is 11.3 Å². The lowest BCUT2D eigenvalue weighted by Gasteiger charge is -2.02. The summed E-state index contributed by atoms with van der Waals surface area (Å²) in [4.78, 5) is 1.22. The number of hydrogen-bond donors (Lipinski definition) is 0. The van der Waals surface area contributed by atoms with Gasteiger partial charge >= 0.3 is 0 Å². The maximum absolute atomic E-state index is 6.02. The number of thiophene rings is 1. The Balaban J connectivity index is 2.31. The van der Waals surface area contributed by atoms with Crippen molar-refractivity contribution in [1.82, 2.24) is 0 Å². The first-order chi connectivity index (χ1) is 7.08. The van der Waals surface area contributed by atoms with Gasteiger partial charge in [0.05, 0.1) is 4.34 Å². The standard InChI is InChI=1S/C10H7Br2ClOS/c1-5-4-7(15-10(5)13)9(12)6-2-3-8(11)14-6/h2-4,9H,1H3. The van der Waals surface area contributed by atoms with Crippen LogP contribution in [-0.4, -0.2) is 0 Å². The molecular weight excluding hydrogens is 363 g/mol. The summed E-state index contributed by atoms with van der Waals surface area (Å²) < 4.78 is 7.05. The molecule has 2 heterocycles. The minimum absolute atomic E-state index is 0.0694. The summed E-state index contributed by atoms with van der Waals surface area (Å²) in [6.45, 7) is 2.00. The monoisotopic (exact) mass is 368 g/mol. The molecule has 1 atom stereocenters. The molecule has 0 aliphatic rings. The van der Waals surface area contributed by atoms with E-state index < -0.39 is 0 Å². The molecule has 0 spiro atoms. The van der Waals surface area contributed by atoms with Crippen LogP contribution in [0.5, 0.6) is 0 Å². The van der Waals surface area contributed by atoms with Crippen molar-refractivity contribution < 1.29 is 4.42 Å². The van der Waals surface area contributed by atoms with Crippen LogP contribution in [0.1, 0.15) is 21.0 Å². The van der Waals surface area contributed by atoms with Crippen LogP contribution < -0.4 is 0 Å². The summed E-state index contributed by atoms with van der Waals surface area (Å²) in [5.41, 5.74) is 1.10. The Kier molecular flexibility index (Phi) is 3.60. The molecule has 0 aliphatic heterocycles. The Labute approximate surface area is 114 Å². The molecule has 15 heavy (non-hydrogen) atoms. The zero-order chi connectivity index (χ0) is 11.0. The third-order valence-electron chi connectivity index (χ3n) is 1.97. The molecule has 2 aromatic rings. The number of hydrogen-bond acceptors (Lipinski definition) is 2. The zero-order valence-electron chi connectivity index (χ0n) is 7.76. The van der Waals surface area contributed by atoms with Crippen molar-refractivity contribution >= 4 is 54.8 Å². The van der Waals surface area contributed by atoms with Gasteiger partial charge in [0.25, 0.3) is 0 Å². The molecule has 1 unspecified atom stereocenters. The highest BCUT2D eigenvalue weighted by atomic mass is 79.9. The zero-order valence-corrected chi connectivity index (χ0v) is 12.5. The van der Waals surface area contributed by atoms with Crippen LogP contribution in [0.15, 0.2) is 27.3 Å². The summed E-state index contributed by atoms with van der Waals surface area (Å²) in [7, 11) is 0. The third kappa shape index (κ3) is 2.49. The van der Waals surface area contributed by atoms with Crippen molar-refractivity contribution in [3.8, 4) is 0 Å². The Bertz CT molecular complexity index is 458. The van der Waals surface area contributed by atoms with E-state index in [0.29, 0.717) is 0 Å². The lowest BCUT2D eigenvalue weighted by atomic mass is 10.2. The molecule has 0 saturated carbocycles. The first-order valence-electron chi connectivity index (χ1n) is 4.23. The smallest absolute Gasteiger partial charge is 0.169 e. The molecule has 0 N–H and O–H groups in total. The van der Waals surface area contributed by atoms with Crippen molar-refractivity contribution in [2.75, 3.05) is 0 Å². The summed E-state index contributed by atoms with van der Waals surface area (Å²) >= 11 is 14.5. The molecule has 2 rings (SSSR count). The molecule has 0 aromatic carbocycles. The van der Waals surface area contributed by atoms with E-state index in [1.165, 1.54) is 0 Å². The first kappa shape index (κ1) is 11.7. The van der Waals surface area contributed by atoms with Crippen LogP contribution >= 0.6 is 54.8 Å². The fourth-order valence-corrected chi connectivity index (χ4v) is 3.39. The molecule has 0 amide bonds. The van der Waals surface area contributed by atoms with E-state index in [4.69, 9.17) is 16.0 Å². The molecule has 5 heteroatoms. The molecule has 1 nitrogen and oxygen atoms in total. The second kappa shape index (κ2) is 4.62. The summed E-state index contributed by atoms with van der Waals surface area (Å²) in [6, 6.07) is 5.89. The topological polar surface area (TPSA) is 13.1 Å².